The predicted molar refractivity (Wildman–Crippen MR) is 106 cm³/mol. The number of aromatic nitrogens is 4. The van der Waals surface area contributed by atoms with Crippen LogP contribution in [0.3, 0.4) is 0 Å². The van der Waals surface area contributed by atoms with Crippen molar-refractivity contribution >= 4 is 34.5 Å². The van der Waals surface area contributed by atoms with E-state index in [9.17, 15) is 9.18 Å². The van der Waals surface area contributed by atoms with Crippen molar-refractivity contribution in [2.45, 2.75) is 30.6 Å². The van der Waals surface area contributed by atoms with Crippen LogP contribution in [0.4, 0.5) is 4.39 Å². The number of imidazole rings is 1. The summed E-state index contributed by atoms with van der Waals surface area (Å²) in [6, 6.07) is 14.8. The van der Waals surface area contributed by atoms with Gasteiger partial charge in [-0.1, -0.05) is 36.0 Å². The third-order valence-electron chi connectivity index (χ3n) is 4.80. The van der Waals surface area contributed by atoms with Crippen LogP contribution in [-0.4, -0.2) is 36.9 Å². The molecule has 2 heterocycles. The summed E-state index contributed by atoms with van der Waals surface area (Å²) < 4.78 is 17.3. The van der Waals surface area contributed by atoms with Crippen LogP contribution in [0.2, 0.25) is 0 Å². The van der Waals surface area contributed by atoms with Crippen LogP contribution in [0.1, 0.15) is 18.4 Å². The summed E-state index contributed by atoms with van der Waals surface area (Å²) in [6.45, 7) is 0.558. The fraction of sp³-hybridized carbons (Fsp3) is 0.250. The summed E-state index contributed by atoms with van der Waals surface area (Å²) in [4.78, 5) is 12.0. The monoisotopic (exact) mass is 395 g/mol. The summed E-state index contributed by atoms with van der Waals surface area (Å²) in [5.74, 6) is 0.793. The van der Waals surface area contributed by atoms with Crippen molar-refractivity contribution in [3.8, 4) is 0 Å². The predicted octanol–water partition coefficient (Wildman–Crippen LogP) is 3.24. The molecule has 0 saturated heterocycles. The Morgan fingerprint density at radius 3 is 2.61 bits per heavy atom. The molecular formula is C20H18FN5OS. The van der Waals surface area contributed by atoms with Gasteiger partial charge in [-0.2, -0.15) is 0 Å². The van der Waals surface area contributed by atoms with Crippen molar-refractivity contribution in [2.75, 3.05) is 5.75 Å². The zero-order valence-corrected chi connectivity index (χ0v) is 15.8. The molecule has 6 nitrogen and oxygen atoms in total. The quantitative estimate of drug-likeness (QED) is 0.509. The topological polar surface area (TPSA) is 64.2 Å². The first kappa shape index (κ1) is 17.2. The second kappa shape index (κ2) is 6.94. The number of carbonyl (C=O) groups excluding carboxylic acids is 1. The second-order valence-electron chi connectivity index (χ2n) is 6.95. The molecular weight excluding hydrogens is 377 g/mol. The van der Waals surface area contributed by atoms with E-state index in [-0.39, 0.29) is 11.7 Å². The number of nitrogens with one attached hydrogen (secondary N) is 1. The number of halogens is 1. The Labute approximate surface area is 164 Å². The lowest BCUT2D eigenvalue weighted by atomic mass is 10.2. The molecule has 2 aromatic carbocycles. The van der Waals surface area contributed by atoms with Crippen molar-refractivity contribution < 1.29 is 9.18 Å². The normalized spacial score (nSPS) is 14.0. The molecule has 0 unspecified atom stereocenters. The first-order valence-electron chi connectivity index (χ1n) is 9.18. The standard InChI is InChI=1S/C20H18FN5OS/c21-14-7-5-13(6-8-14)11-25-16-3-1-2-4-17(16)26-19(25)23-24-20(26)28-12-18(27)22-15-9-10-15/h1-8,15H,9-12H2,(H,22,27). The Kier molecular flexibility index (Phi) is 4.27. The highest BCUT2D eigenvalue weighted by Crippen LogP contribution is 2.27. The molecule has 8 heteroatoms. The van der Waals surface area contributed by atoms with Gasteiger partial charge in [-0.05, 0) is 42.7 Å². The minimum absolute atomic E-state index is 0.0271. The Balaban J connectivity index is 1.50. The second-order valence-corrected chi connectivity index (χ2v) is 7.89. The minimum Gasteiger partial charge on any atom is -0.353 e. The van der Waals surface area contributed by atoms with E-state index in [1.807, 2.05) is 28.7 Å². The van der Waals surface area contributed by atoms with Crippen LogP contribution >= 0.6 is 11.8 Å². The summed E-state index contributed by atoms with van der Waals surface area (Å²) in [7, 11) is 0. The molecule has 28 heavy (non-hydrogen) atoms. The van der Waals surface area contributed by atoms with E-state index in [1.165, 1.54) is 23.9 Å². The summed E-state index contributed by atoms with van der Waals surface area (Å²) in [5, 5.41) is 12.4. The molecule has 0 aliphatic heterocycles. The fourth-order valence-electron chi connectivity index (χ4n) is 3.29. The molecule has 142 valence electrons. The maximum absolute atomic E-state index is 13.2. The van der Waals surface area contributed by atoms with Gasteiger partial charge in [-0.3, -0.25) is 9.20 Å². The third-order valence-corrected chi connectivity index (χ3v) is 5.73. The number of nitrogens with zero attached hydrogens (tertiary/aromatic N) is 4. The van der Waals surface area contributed by atoms with E-state index in [2.05, 4.69) is 20.1 Å². The van der Waals surface area contributed by atoms with E-state index in [0.717, 1.165) is 29.4 Å². The van der Waals surface area contributed by atoms with E-state index in [0.29, 0.717) is 29.3 Å². The molecule has 2 aromatic heterocycles. The lowest BCUT2D eigenvalue weighted by molar-refractivity contribution is -0.118. The van der Waals surface area contributed by atoms with Crippen molar-refractivity contribution in [1.82, 2.24) is 24.5 Å². The number of carbonyl (C=O) groups is 1. The number of benzene rings is 2. The van der Waals surface area contributed by atoms with Gasteiger partial charge in [0.15, 0.2) is 5.16 Å². The summed E-state index contributed by atoms with van der Waals surface area (Å²) in [5.41, 5.74) is 2.97. The van der Waals surface area contributed by atoms with Gasteiger partial charge in [0.05, 0.1) is 23.3 Å². The highest BCUT2D eigenvalue weighted by Gasteiger charge is 2.24. The van der Waals surface area contributed by atoms with E-state index in [1.54, 1.807) is 12.1 Å². The molecule has 1 aliphatic rings. The number of thioether (sulfide) groups is 1. The van der Waals surface area contributed by atoms with Gasteiger partial charge < -0.3 is 9.88 Å². The van der Waals surface area contributed by atoms with Crippen LogP contribution in [0, 0.1) is 5.82 Å². The lowest BCUT2D eigenvalue weighted by Crippen LogP contribution is -2.27. The molecule has 1 N–H and O–H groups in total. The van der Waals surface area contributed by atoms with Crippen molar-refractivity contribution in [2.24, 2.45) is 0 Å². The average molecular weight is 395 g/mol. The number of fused-ring (bicyclic) bond motifs is 3. The van der Waals surface area contributed by atoms with Crippen LogP contribution in [0.15, 0.2) is 53.7 Å². The van der Waals surface area contributed by atoms with Gasteiger partial charge in [0, 0.05) is 6.04 Å². The molecule has 0 bridgehead atoms. The molecule has 5 rings (SSSR count). The average Bonchev–Trinajstić information content (AvgIpc) is 3.33. The first-order valence-corrected chi connectivity index (χ1v) is 10.2. The van der Waals surface area contributed by atoms with Crippen molar-refractivity contribution in [3.63, 3.8) is 0 Å². The van der Waals surface area contributed by atoms with Gasteiger partial charge in [0.25, 0.3) is 0 Å². The zero-order chi connectivity index (χ0) is 19.1. The van der Waals surface area contributed by atoms with Crippen molar-refractivity contribution in [1.29, 1.82) is 0 Å². The third kappa shape index (κ3) is 3.24. The molecule has 0 spiro atoms. The Morgan fingerprint density at radius 1 is 1.11 bits per heavy atom. The van der Waals surface area contributed by atoms with Crippen LogP contribution in [0.5, 0.6) is 0 Å². The maximum atomic E-state index is 13.2. The van der Waals surface area contributed by atoms with Gasteiger partial charge in [-0.25, -0.2) is 4.39 Å². The molecule has 0 radical (unpaired) electrons. The molecule has 1 saturated carbocycles. The van der Waals surface area contributed by atoms with Gasteiger partial charge in [0.2, 0.25) is 11.7 Å². The number of hydrogen-bond acceptors (Lipinski definition) is 4. The Hall–Kier alpha value is -2.87. The minimum atomic E-state index is -0.253. The molecule has 1 amide bonds. The molecule has 4 aromatic rings. The van der Waals surface area contributed by atoms with Crippen LogP contribution < -0.4 is 5.32 Å². The molecule has 0 atom stereocenters. The fourth-order valence-corrected chi connectivity index (χ4v) is 4.04. The van der Waals surface area contributed by atoms with Gasteiger partial charge in [-0.15, -0.1) is 10.2 Å². The Morgan fingerprint density at radius 2 is 1.86 bits per heavy atom. The van der Waals surface area contributed by atoms with E-state index in [4.69, 9.17) is 0 Å². The number of amides is 1. The number of hydrogen-bond donors (Lipinski definition) is 1. The van der Waals surface area contributed by atoms with Crippen LogP contribution in [0.25, 0.3) is 16.8 Å². The summed E-state index contributed by atoms with van der Waals surface area (Å²) >= 11 is 1.39. The lowest BCUT2D eigenvalue weighted by Gasteiger charge is -2.05. The largest absolute Gasteiger partial charge is 0.353 e. The van der Waals surface area contributed by atoms with Gasteiger partial charge >= 0.3 is 0 Å². The SMILES string of the molecule is O=C(CSc1nnc2n(Cc3ccc(F)cc3)c3ccccc3n12)NC1CC1. The zero-order valence-electron chi connectivity index (χ0n) is 15.0. The highest BCUT2D eigenvalue weighted by molar-refractivity contribution is 7.99. The highest BCUT2D eigenvalue weighted by atomic mass is 32.2. The molecule has 1 aliphatic carbocycles. The van der Waals surface area contributed by atoms with Gasteiger partial charge in [0.1, 0.15) is 5.82 Å². The van der Waals surface area contributed by atoms with Crippen LogP contribution in [-0.2, 0) is 11.3 Å². The smallest absolute Gasteiger partial charge is 0.237 e. The summed E-state index contributed by atoms with van der Waals surface area (Å²) in [6.07, 6.45) is 2.14. The first-order chi connectivity index (χ1) is 13.7. The number of para-hydroxylation sites is 2. The van der Waals surface area contributed by atoms with E-state index >= 15 is 0 Å². The maximum Gasteiger partial charge on any atom is 0.237 e. The Bertz CT molecular complexity index is 1160. The molecule has 1 fully saturated rings. The number of rotatable bonds is 6. The van der Waals surface area contributed by atoms with Crippen molar-refractivity contribution in [3.05, 3.63) is 59.9 Å². The van der Waals surface area contributed by atoms with E-state index < -0.39 is 0 Å².